The van der Waals surface area contributed by atoms with Gasteiger partial charge in [-0.1, -0.05) is 29.8 Å². The minimum absolute atomic E-state index is 0.0419. The Morgan fingerprint density at radius 2 is 2.08 bits per heavy atom. The van der Waals surface area contributed by atoms with Crippen LogP contribution in [0.4, 0.5) is 0 Å². The third-order valence-electron chi connectivity index (χ3n) is 4.16. The summed E-state index contributed by atoms with van der Waals surface area (Å²) in [6.45, 7) is 2.77. The van der Waals surface area contributed by atoms with Crippen LogP contribution < -0.4 is 10.9 Å². The van der Waals surface area contributed by atoms with Gasteiger partial charge in [0.25, 0.3) is 5.56 Å². The average Bonchev–Trinajstić information content (AvgIpc) is 3.07. The van der Waals surface area contributed by atoms with Crippen LogP contribution in [0, 0.1) is 6.92 Å². The predicted octanol–water partition coefficient (Wildman–Crippen LogP) is 2.32. The number of rotatable bonds is 7. The maximum absolute atomic E-state index is 12.9. The molecule has 0 radical (unpaired) electrons. The Morgan fingerprint density at radius 3 is 2.81 bits per heavy atom. The summed E-state index contributed by atoms with van der Waals surface area (Å²) in [6, 6.07) is 8.04. The van der Waals surface area contributed by atoms with E-state index in [1.165, 1.54) is 22.2 Å². The van der Waals surface area contributed by atoms with E-state index in [4.69, 9.17) is 5.11 Å². The first kappa shape index (κ1) is 18.3. The van der Waals surface area contributed by atoms with Gasteiger partial charge < -0.3 is 10.4 Å². The van der Waals surface area contributed by atoms with Crippen LogP contribution in [0.2, 0.25) is 0 Å². The van der Waals surface area contributed by atoms with Gasteiger partial charge in [-0.2, -0.15) is 0 Å². The molecule has 0 aliphatic rings. The van der Waals surface area contributed by atoms with Crippen molar-refractivity contribution in [2.75, 3.05) is 13.2 Å². The van der Waals surface area contributed by atoms with E-state index in [2.05, 4.69) is 10.3 Å². The summed E-state index contributed by atoms with van der Waals surface area (Å²) in [7, 11) is 0. The molecule has 0 aliphatic heterocycles. The Morgan fingerprint density at radius 1 is 1.31 bits per heavy atom. The van der Waals surface area contributed by atoms with Crippen molar-refractivity contribution in [3.05, 3.63) is 51.9 Å². The molecule has 136 valence electrons. The Labute approximate surface area is 155 Å². The van der Waals surface area contributed by atoms with Crippen molar-refractivity contribution < 1.29 is 9.90 Å². The summed E-state index contributed by atoms with van der Waals surface area (Å²) < 4.78 is 1.48. The summed E-state index contributed by atoms with van der Waals surface area (Å²) in [5.41, 5.74) is 2.90. The fraction of sp³-hybridized carbons (Fsp3) is 0.316. The Hall–Kier alpha value is -2.51. The minimum atomic E-state index is -0.144. The van der Waals surface area contributed by atoms with Gasteiger partial charge in [-0.25, -0.2) is 4.98 Å². The van der Waals surface area contributed by atoms with Crippen LogP contribution >= 0.6 is 11.3 Å². The monoisotopic (exact) mass is 371 g/mol. The van der Waals surface area contributed by atoms with Crippen molar-refractivity contribution in [2.24, 2.45) is 0 Å². The van der Waals surface area contributed by atoms with Crippen molar-refractivity contribution in [1.29, 1.82) is 0 Å². The number of benzene rings is 1. The van der Waals surface area contributed by atoms with Crippen LogP contribution in [0.25, 0.3) is 21.3 Å². The highest BCUT2D eigenvalue weighted by atomic mass is 32.1. The van der Waals surface area contributed by atoms with Crippen LogP contribution in [0.15, 0.2) is 40.8 Å². The number of thiophene rings is 1. The fourth-order valence-electron chi connectivity index (χ4n) is 2.69. The molecule has 1 aromatic carbocycles. The number of hydrogen-bond donors (Lipinski definition) is 2. The van der Waals surface area contributed by atoms with Crippen molar-refractivity contribution in [3.8, 4) is 11.1 Å². The number of amides is 1. The number of aryl methyl sites for hydroxylation is 2. The molecule has 6 nitrogen and oxygen atoms in total. The van der Waals surface area contributed by atoms with Gasteiger partial charge in [0.2, 0.25) is 5.91 Å². The van der Waals surface area contributed by atoms with Crippen LogP contribution in [0.5, 0.6) is 0 Å². The van der Waals surface area contributed by atoms with E-state index < -0.39 is 0 Å². The standard InChI is InChI=1S/C19H21N3O3S/c1-13-3-5-14(6-4-13)15-11-26-18-17(15)19(25)22(12-21-18)9-7-16(24)20-8-2-10-23/h3-6,11-12,23H,2,7-10H2,1H3,(H,20,24). The van der Waals surface area contributed by atoms with Gasteiger partial charge in [0, 0.05) is 37.1 Å². The lowest BCUT2D eigenvalue weighted by atomic mass is 10.1. The highest BCUT2D eigenvalue weighted by Gasteiger charge is 2.13. The molecule has 0 saturated heterocycles. The molecule has 3 aromatic rings. The van der Waals surface area contributed by atoms with E-state index in [1.54, 1.807) is 0 Å². The van der Waals surface area contributed by atoms with Gasteiger partial charge in [0.15, 0.2) is 0 Å². The fourth-order valence-corrected chi connectivity index (χ4v) is 3.60. The number of nitrogens with one attached hydrogen (secondary N) is 1. The van der Waals surface area contributed by atoms with E-state index in [1.807, 2.05) is 36.6 Å². The molecule has 0 fully saturated rings. The molecule has 0 saturated carbocycles. The maximum Gasteiger partial charge on any atom is 0.262 e. The average molecular weight is 371 g/mol. The highest BCUT2D eigenvalue weighted by Crippen LogP contribution is 2.30. The van der Waals surface area contributed by atoms with Crippen molar-refractivity contribution in [1.82, 2.24) is 14.9 Å². The highest BCUT2D eigenvalue weighted by molar-refractivity contribution is 7.17. The van der Waals surface area contributed by atoms with Gasteiger partial charge in [-0.05, 0) is 18.9 Å². The lowest BCUT2D eigenvalue weighted by molar-refractivity contribution is -0.121. The molecule has 3 rings (SSSR count). The molecule has 0 aliphatic carbocycles. The molecule has 2 heterocycles. The molecule has 0 bridgehead atoms. The minimum Gasteiger partial charge on any atom is -0.396 e. The number of fused-ring (bicyclic) bond motifs is 1. The van der Waals surface area contributed by atoms with E-state index in [0.717, 1.165) is 16.7 Å². The lowest BCUT2D eigenvalue weighted by Crippen LogP contribution is -2.28. The zero-order valence-electron chi connectivity index (χ0n) is 14.6. The second-order valence-electron chi connectivity index (χ2n) is 6.12. The number of carbonyl (C=O) groups excluding carboxylic acids is 1. The van der Waals surface area contributed by atoms with E-state index in [9.17, 15) is 9.59 Å². The Balaban J connectivity index is 1.84. The summed E-state index contributed by atoms with van der Waals surface area (Å²) in [5.74, 6) is -0.144. The van der Waals surface area contributed by atoms with Gasteiger partial charge in [-0.15, -0.1) is 11.3 Å². The van der Waals surface area contributed by atoms with Crippen molar-refractivity contribution in [3.63, 3.8) is 0 Å². The number of nitrogens with zero attached hydrogens (tertiary/aromatic N) is 2. The first-order valence-electron chi connectivity index (χ1n) is 8.51. The number of aromatic nitrogens is 2. The molecule has 7 heteroatoms. The first-order chi connectivity index (χ1) is 12.6. The molecule has 0 spiro atoms. The van der Waals surface area contributed by atoms with Gasteiger partial charge in [0.05, 0.1) is 11.7 Å². The zero-order valence-corrected chi connectivity index (χ0v) is 15.4. The number of carbonyl (C=O) groups is 1. The van der Waals surface area contributed by atoms with Crippen LogP contribution in [0.1, 0.15) is 18.4 Å². The molecule has 26 heavy (non-hydrogen) atoms. The van der Waals surface area contributed by atoms with Gasteiger partial charge >= 0.3 is 0 Å². The second kappa shape index (κ2) is 8.25. The SMILES string of the molecule is Cc1ccc(-c2csc3ncn(CCC(=O)NCCCO)c(=O)c23)cc1. The van der Waals surface area contributed by atoms with Crippen LogP contribution in [-0.2, 0) is 11.3 Å². The molecule has 1 amide bonds. The summed E-state index contributed by atoms with van der Waals surface area (Å²) >= 11 is 1.45. The molecular formula is C19H21N3O3S. The largest absolute Gasteiger partial charge is 0.396 e. The van der Waals surface area contributed by atoms with E-state index >= 15 is 0 Å². The summed E-state index contributed by atoms with van der Waals surface area (Å²) in [5, 5.41) is 14.0. The van der Waals surface area contributed by atoms with Crippen molar-refractivity contribution >= 4 is 27.5 Å². The molecular weight excluding hydrogens is 350 g/mol. The number of aliphatic hydroxyl groups is 1. The van der Waals surface area contributed by atoms with Gasteiger partial charge in [-0.3, -0.25) is 14.2 Å². The number of aliphatic hydroxyl groups excluding tert-OH is 1. The third kappa shape index (κ3) is 4.00. The second-order valence-corrected chi connectivity index (χ2v) is 6.97. The smallest absolute Gasteiger partial charge is 0.262 e. The molecule has 2 aromatic heterocycles. The van der Waals surface area contributed by atoms with Crippen molar-refractivity contribution in [2.45, 2.75) is 26.3 Å². The van der Waals surface area contributed by atoms with Crippen LogP contribution in [-0.4, -0.2) is 33.7 Å². The number of hydrogen-bond acceptors (Lipinski definition) is 5. The molecule has 0 atom stereocenters. The summed E-state index contributed by atoms with van der Waals surface area (Å²) in [6.07, 6.45) is 2.22. The van der Waals surface area contributed by atoms with Crippen LogP contribution in [0.3, 0.4) is 0 Å². The lowest BCUT2D eigenvalue weighted by Gasteiger charge is -2.07. The van der Waals surface area contributed by atoms with E-state index in [-0.39, 0.29) is 31.0 Å². The third-order valence-corrected chi connectivity index (χ3v) is 5.05. The van der Waals surface area contributed by atoms with E-state index in [0.29, 0.717) is 23.2 Å². The normalized spacial score (nSPS) is 11.0. The van der Waals surface area contributed by atoms with Gasteiger partial charge in [0.1, 0.15) is 4.83 Å². The quantitative estimate of drug-likeness (QED) is 0.624. The molecule has 0 unspecified atom stereocenters. The molecule has 2 N–H and O–H groups in total. The zero-order chi connectivity index (χ0) is 18.5. The summed E-state index contributed by atoms with van der Waals surface area (Å²) in [4.78, 5) is 29.8. The Bertz CT molecular complexity index is 960. The Kier molecular flexibility index (Phi) is 5.80. The predicted molar refractivity (Wildman–Crippen MR) is 103 cm³/mol. The topological polar surface area (TPSA) is 84.2 Å². The first-order valence-corrected chi connectivity index (χ1v) is 9.39. The maximum atomic E-state index is 12.9.